The first-order valence-corrected chi connectivity index (χ1v) is 4.54. The summed E-state index contributed by atoms with van der Waals surface area (Å²) in [6.45, 7) is -0.136. The maximum Gasteiger partial charge on any atom is 0.0830 e. The summed E-state index contributed by atoms with van der Waals surface area (Å²) in [5, 5.41) is 9.34. The fraction of sp³-hybridized carbons (Fsp3) is 0.250. The predicted octanol–water partition coefficient (Wildman–Crippen LogP) is 3.27. The second-order valence-electron chi connectivity index (χ2n) is 2.32. The van der Waals surface area contributed by atoms with Gasteiger partial charge in [0.2, 0.25) is 0 Å². The molecule has 0 spiro atoms. The van der Waals surface area contributed by atoms with Gasteiger partial charge in [-0.1, -0.05) is 29.3 Å². The van der Waals surface area contributed by atoms with Crippen LogP contribution in [0.2, 0.25) is 10.0 Å². The van der Waals surface area contributed by atoms with Gasteiger partial charge in [-0.25, -0.2) is 0 Å². The zero-order valence-corrected chi connectivity index (χ0v) is 8.37. The van der Waals surface area contributed by atoms with Crippen LogP contribution in [-0.2, 0) is 0 Å². The Morgan fingerprint density at radius 1 is 1.33 bits per heavy atom. The van der Waals surface area contributed by atoms with E-state index in [0.29, 0.717) is 15.6 Å². The van der Waals surface area contributed by atoms with Crippen molar-refractivity contribution in [3.05, 3.63) is 33.8 Å². The highest BCUT2D eigenvalue weighted by molar-refractivity contribution is 6.35. The first kappa shape index (κ1) is 10.1. The van der Waals surface area contributed by atoms with Gasteiger partial charge >= 0.3 is 0 Å². The van der Waals surface area contributed by atoms with Crippen LogP contribution in [0.4, 0.5) is 0 Å². The van der Waals surface area contributed by atoms with Crippen LogP contribution >= 0.6 is 34.8 Å². The van der Waals surface area contributed by atoms with Gasteiger partial charge in [-0.05, 0) is 17.7 Å². The molecule has 12 heavy (non-hydrogen) atoms. The van der Waals surface area contributed by atoms with Crippen LogP contribution in [0, 0.1) is 0 Å². The van der Waals surface area contributed by atoms with Crippen LogP contribution in [0.3, 0.4) is 0 Å². The van der Waals surface area contributed by atoms with Crippen molar-refractivity contribution in [2.75, 3.05) is 6.61 Å². The van der Waals surface area contributed by atoms with Gasteiger partial charge < -0.3 is 5.11 Å². The number of halogens is 3. The second kappa shape index (κ2) is 4.33. The second-order valence-corrected chi connectivity index (χ2v) is 3.69. The normalized spacial score (nSPS) is 13.0. The number of aliphatic hydroxyl groups excluding tert-OH is 1. The average Bonchev–Trinajstić information content (AvgIpc) is 2.03. The molecule has 0 aliphatic carbocycles. The molecule has 1 aromatic carbocycles. The Balaban J connectivity index is 3.01. The molecule has 0 amide bonds. The lowest BCUT2D eigenvalue weighted by molar-refractivity contribution is 0.294. The highest BCUT2D eigenvalue weighted by Gasteiger charge is 2.10. The molecular formula is C8H7Cl3O. The monoisotopic (exact) mass is 224 g/mol. The highest BCUT2D eigenvalue weighted by atomic mass is 35.5. The lowest BCUT2D eigenvalue weighted by atomic mass is 10.1. The minimum Gasteiger partial charge on any atom is -0.394 e. The third kappa shape index (κ3) is 2.27. The van der Waals surface area contributed by atoms with Gasteiger partial charge in [0.15, 0.2) is 0 Å². The minimum atomic E-state index is -0.463. The Bertz CT molecular complexity index is 275. The minimum absolute atomic E-state index is 0.136. The maximum atomic E-state index is 8.76. The van der Waals surface area contributed by atoms with Gasteiger partial charge in [-0.3, -0.25) is 0 Å². The molecular weight excluding hydrogens is 218 g/mol. The first-order chi connectivity index (χ1) is 5.65. The third-order valence-corrected chi connectivity index (χ3v) is 2.40. The molecule has 1 unspecified atom stereocenters. The highest BCUT2D eigenvalue weighted by Crippen LogP contribution is 2.29. The average molecular weight is 226 g/mol. The van der Waals surface area contributed by atoms with E-state index in [1.165, 1.54) is 0 Å². The van der Waals surface area contributed by atoms with Crippen molar-refractivity contribution in [2.24, 2.45) is 0 Å². The van der Waals surface area contributed by atoms with Crippen molar-refractivity contribution in [3.8, 4) is 0 Å². The van der Waals surface area contributed by atoms with Gasteiger partial charge in [0.05, 0.1) is 12.0 Å². The maximum absolute atomic E-state index is 8.76. The summed E-state index contributed by atoms with van der Waals surface area (Å²) in [6.07, 6.45) is 0. The molecule has 1 nitrogen and oxygen atoms in total. The van der Waals surface area contributed by atoms with Crippen LogP contribution in [0.15, 0.2) is 18.2 Å². The molecule has 0 bridgehead atoms. The standard InChI is InChI=1S/C8H7Cl3O/c9-5-1-2-6(7(10)3-5)8(11)4-12/h1-3,8,12H,4H2. The van der Waals surface area contributed by atoms with E-state index >= 15 is 0 Å². The van der Waals surface area contributed by atoms with Crippen molar-refractivity contribution < 1.29 is 5.11 Å². The van der Waals surface area contributed by atoms with Crippen molar-refractivity contribution in [2.45, 2.75) is 5.38 Å². The molecule has 66 valence electrons. The number of benzene rings is 1. The van der Waals surface area contributed by atoms with Gasteiger partial charge in [0.25, 0.3) is 0 Å². The Kier molecular flexibility index (Phi) is 3.66. The quantitative estimate of drug-likeness (QED) is 0.766. The molecule has 0 saturated carbocycles. The fourth-order valence-corrected chi connectivity index (χ4v) is 1.64. The van der Waals surface area contributed by atoms with E-state index < -0.39 is 5.38 Å². The van der Waals surface area contributed by atoms with E-state index in [9.17, 15) is 0 Å². The number of aliphatic hydroxyl groups is 1. The summed E-state index contributed by atoms with van der Waals surface area (Å²) in [6, 6.07) is 5.00. The lowest BCUT2D eigenvalue weighted by Crippen LogP contribution is -1.96. The molecule has 0 radical (unpaired) electrons. The van der Waals surface area contributed by atoms with E-state index in [2.05, 4.69) is 0 Å². The van der Waals surface area contributed by atoms with E-state index in [4.69, 9.17) is 39.9 Å². The van der Waals surface area contributed by atoms with Gasteiger partial charge in [0.1, 0.15) is 0 Å². The van der Waals surface area contributed by atoms with Gasteiger partial charge in [0, 0.05) is 10.0 Å². The Morgan fingerprint density at radius 2 is 2.00 bits per heavy atom. The predicted molar refractivity (Wildman–Crippen MR) is 52.1 cm³/mol. The molecule has 0 heterocycles. The molecule has 1 aromatic rings. The molecule has 0 aromatic heterocycles. The van der Waals surface area contributed by atoms with E-state index in [0.717, 1.165) is 0 Å². The number of alkyl halides is 1. The Labute approximate surface area is 85.9 Å². The topological polar surface area (TPSA) is 20.2 Å². The molecule has 1 N–H and O–H groups in total. The Morgan fingerprint density at radius 3 is 2.50 bits per heavy atom. The van der Waals surface area contributed by atoms with E-state index in [1.807, 2.05) is 0 Å². The zero-order valence-electron chi connectivity index (χ0n) is 6.10. The summed E-state index contributed by atoms with van der Waals surface area (Å²) in [5.41, 5.74) is 0.699. The molecule has 1 rings (SSSR count). The smallest absolute Gasteiger partial charge is 0.0830 e. The zero-order chi connectivity index (χ0) is 9.14. The summed E-state index contributed by atoms with van der Waals surface area (Å²) in [7, 11) is 0. The van der Waals surface area contributed by atoms with E-state index in [-0.39, 0.29) is 6.61 Å². The summed E-state index contributed by atoms with van der Waals surface area (Å²) in [4.78, 5) is 0. The van der Waals surface area contributed by atoms with Crippen molar-refractivity contribution in [1.29, 1.82) is 0 Å². The number of hydrogen-bond acceptors (Lipinski definition) is 1. The van der Waals surface area contributed by atoms with Crippen molar-refractivity contribution >= 4 is 34.8 Å². The van der Waals surface area contributed by atoms with Gasteiger partial charge in [-0.15, -0.1) is 11.6 Å². The number of hydrogen-bond donors (Lipinski definition) is 1. The van der Waals surface area contributed by atoms with Crippen LogP contribution in [0.5, 0.6) is 0 Å². The Hall–Kier alpha value is 0.0500. The molecule has 0 aliphatic heterocycles. The summed E-state index contributed by atoms with van der Waals surface area (Å²) in [5.74, 6) is 0. The fourth-order valence-electron chi connectivity index (χ4n) is 0.854. The number of rotatable bonds is 2. The van der Waals surface area contributed by atoms with Crippen molar-refractivity contribution in [3.63, 3.8) is 0 Å². The first-order valence-electron chi connectivity index (χ1n) is 3.35. The molecule has 4 heteroatoms. The summed E-state index contributed by atoms with van der Waals surface area (Å²) < 4.78 is 0. The van der Waals surface area contributed by atoms with Crippen molar-refractivity contribution in [1.82, 2.24) is 0 Å². The molecule has 0 aliphatic rings. The lowest BCUT2D eigenvalue weighted by Gasteiger charge is -2.07. The van der Waals surface area contributed by atoms with Crippen LogP contribution in [0.1, 0.15) is 10.9 Å². The van der Waals surface area contributed by atoms with Crippen LogP contribution in [0.25, 0.3) is 0 Å². The molecule has 0 fully saturated rings. The molecule has 1 atom stereocenters. The summed E-state index contributed by atoms with van der Waals surface area (Å²) >= 11 is 17.3. The third-order valence-electron chi connectivity index (χ3n) is 1.46. The largest absolute Gasteiger partial charge is 0.394 e. The van der Waals surface area contributed by atoms with Crippen LogP contribution < -0.4 is 0 Å². The SMILES string of the molecule is OCC(Cl)c1ccc(Cl)cc1Cl. The van der Waals surface area contributed by atoms with Gasteiger partial charge in [-0.2, -0.15) is 0 Å². The van der Waals surface area contributed by atoms with Crippen LogP contribution in [-0.4, -0.2) is 11.7 Å². The molecule has 0 saturated heterocycles. The van der Waals surface area contributed by atoms with E-state index in [1.54, 1.807) is 18.2 Å².